The highest BCUT2D eigenvalue weighted by molar-refractivity contribution is 9.10. The third-order valence-electron chi connectivity index (χ3n) is 2.28. The summed E-state index contributed by atoms with van der Waals surface area (Å²) in [6.45, 7) is 3.65. The number of halogens is 1. The van der Waals surface area contributed by atoms with Crippen LogP contribution in [0.25, 0.3) is 0 Å². The number of benzene rings is 1. The van der Waals surface area contributed by atoms with Crippen LogP contribution in [0.5, 0.6) is 0 Å². The van der Waals surface area contributed by atoms with Gasteiger partial charge >= 0.3 is 0 Å². The molecule has 1 rings (SSSR count). The lowest BCUT2D eigenvalue weighted by Crippen LogP contribution is -2.32. The lowest BCUT2D eigenvalue weighted by Gasteiger charge is -2.11. The van der Waals surface area contributed by atoms with Gasteiger partial charge in [-0.05, 0) is 30.2 Å². The molecule has 0 spiro atoms. The second-order valence-electron chi connectivity index (χ2n) is 3.59. The fourth-order valence-electron chi connectivity index (χ4n) is 1.29. The van der Waals surface area contributed by atoms with Crippen LogP contribution in [-0.2, 0) is 6.54 Å². The maximum absolute atomic E-state index is 9.26. The zero-order valence-corrected chi connectivity index (χ0v) is 10.4. The van der Waals surface area contributed by atoms with Crippen LogP contribution in [0.2, 0.25) is 0 Å². The summed E-state index contributed by atoms with van der Waals surface area (Å²) in [4.78, 5) is 0. The summed E-state index contributed by atoms with van der Waals surface area (Å²) in [7, 11) is 0. The van der Waals surface area contributed by atoms with Crippen LogP contribution in [0.3, 0.4) is 0 Å². The Balaban J connectivity index is 2.46. The predicted molar refractivity (Wildman–Crippen MR) is 65.6 cm³/mol. The lowest BCUT2D eigenvalue weighted by atomic mass is 10.1. The first kappa shape index (κ1) is 12.6. The van der Waals surface area contributed by atoms with Crippen molar-refractivity contribution in [2.45, 2.75) is 19.6 Å². The molecule has 0 radical (unpaired) electrons. The number of aryl methyl sites for hydroxylation is 1. The van der Waals surface area contributed by atoms with Gasteiger partial charge in [-0.3, -0.25) is 0 Å². The van der Waals surface area contributed by atoms with Crippen LogP contribution in [0.1, 0.15) is 11.1 Å². The lowest BCUT2D eigenvalue weighted by molar-refractivity contribution is 0.179. The average Bonchev–Trinajstić information content (AvgIpc) is 2.23. The number of aliphatic hydroxyl groups is 1. The Labute approximate surface area is 98.8 Å². The molecule has 4 heteroatoms. The molecular formula is C11H17BrN2O. The quantitative estimate of drug-likeness (QED) is 0.754. The first-order valence-electron chi connectivity index (χ1n) is 4.97. The number of hydrogen-bond donors (Lipinski definition) is 3. The second-order valence-corrected chi connectivity index (χ2v) is 4.51. The van der Waals surface area contributed by atoms with E-state index in [4.69, 9.17) is 5.73 Å². The van der Waals surface area contributed by atoms with Crippen LogP contribution in [-0.4, -0.2) is 24.3 Å². The molecule has 4 N–H and O–H groups in total. The second kappa shape index (κ2) is 6.23. The van der Waals surface area contributed by atoms with Gasteiger partial charge in [-0.1, -0.05) is 22.0 Å². The molecule has 0 aliphatic carbocycles. The molecule has 0 heterocycles. The minimum atomic E-state index is -0.461. The van der Waals surface area contributed by atoms with Crippen molar-refractivity contribution in [1.29, 1.82) is 0 Å². The van der Waals surface area contributed by atoms with Gasteiger partial charge in [0.1, 0.15) is 0 Å². The molecule has 0 amide bonds. The molecule has 0 saturated heterocycles. The van der Waals surface area contributed by atoms with E-state index in [9.17, 15) is 5.11 Å². The van der Waals surface area contributed by atoms with Crippen molar-refractivity contribution in [1.82, 2.24) is 5.32 Å². The van der Waals surface area contributed by atoms with E-state index >= 15 is 0 Å². The van der Waals surface area contributed by atoms with E-state index in [2.05, 4.69) is 40.3 Å². The average molecular weight is 273 g/mol. The topological polar surface area (TPSA) is 58.3 Å². The fourth-order valence-corrected chi connectivity index (χ4v) is 1.70. The third kappa shape index (κ3) is 4.30. The minimum Gasteiger partial charge on any atom is -0.390 e. The van der Waals surface area contributed by atoms with Gasteiger partial charge in [0.2, 0.25) is 0 Å². The molecule has 15 heavy (non-hydrogen) atoms. The van der Waals surface area contributed by atoms with Crippen molar-refractivity contribution >= 4 is 15.9 Å². The van der Waals surface area contributed by atoms with Gasteiger partial charge in [0.15, 0.2) is 0 Å². The molecule has 0 aromatic heterocycles. The van der Waals surface area contributed by atoms with Crippen LogP contribution in [0.4, 0.5) is 0 Å². The Morgan fingerprint density at radius 2 is 2.27 bits per heavy atom. The Hall–Kier alpha value is -0.420. The van der Waals surface area contributed by atoms with Crippen molar-refractivity contribution in [3.8, 4) is 0 Å². The van der Waals surface area contributed by atoms with Gasteiger partial charge in [-0.15, -0.1) is 0 Å². The van der Waals surface area contributed by atoms with E-state index in [1.54, 1.807) is 0 Å². The van der Waals surface area contributed by atoms with E-state index in [-0.39, 0.29) is 0 Å². The molecule has 1 aromatic rings. The maximum Gasteiger partial charge on any atom is 0.0786 e. The third-order valence-corrected chi connectivity index (χ3v) is 2.77. The summed E-state index contributed by atoms with van der Waals surface area (Å²) in [5.41, 5.74) is 7.78. The molecule has 84 valence electrons. The summed E-state index contributed by atoms with van der Waals surface area (Å²) < 4.78 is 1.07. The van der Waals surface area contributed by atoms with Crippen molar-refractivity contribution in [2.24, 2.45) is 5.73 Å². The Bertz CT molecular complexity index is 317. The maximum atomic E-state index is 9.26. The SMILES string of the molecule is Cc1ccc(Br)cc1CNCC(O)CN. The van der Waals surface area contributed by atoms with Gasteiger partial charge in [-0.2, -0.15) is 0 Å². The minimum absolute atomic E-state index is 0.296. The molecule has 0 bridgehead atoms. The Kier molecular flexibility index (Phi) is 5.25. The van der Waals surface area contributed by atoms with E-state index in [1.807, 2.05) is 6.07 Å². The zero-order chi connectivity index (χ0) is 11.3. The summed E-state index contributed by atoms with van der Waals surface area (Å²) in [5, 5.41) is 12.4. The van der Waals surface area contributed by atoms with E-state index in [1.165, 1.54) is 11.1 Å². The molecule has 0 aliphatic rings. The standard InChI is InChI=1S/C11H17BrN2O/c1-8-2-3-10(12)4-9(8)6-14-7-11(15)5-13/h2-4,11,14-15H,5-7,13H2,1H3. The van der Waals surface area contributed by atoms with E-state index < -0.39 is 6.10 Å². The highest BCUT2D eigenvalue weighted by atomic mass is 79.9. The first-order valence-corrected chi connectivity index (χ1v) is 5.76. The molecule has 0 aliphatic heterocycles. The summed E-state index contributed by atoms with van der Waals surface area (Å²) in [6.07, 6.45) is -0.461. The van der Waals surface area contributed by atoms with Gasteiger partial charge in [0.05, 0.1) is 6.10 Å². The molecule has 0 saturated carbocycles. The van der Waals surface area contributed by atoms with Crippen LogP contribution < -0.4 is 11.1 Å². The first-order chi connectivity index (χ1) is 7.13. The molecule has 1 aromatic carbocycles. The van der Waals surface area contributed by atoms with Crippen molar-refractivity contribution < 1.29 is 5.11 Å². The largest absolute Gasteiger partial charge is 0.390 e. The molecular weight excluding hydrogens is 256 g/mol. The molecule has 1 atom stereocenters. The van der Waals surface area contributed by atoms with Crippen LogP contribution >= 0.6 is 15.9 Å². The fraction of sp³-hybridized carbons (Fsp3) is 0.455. The molecule has 1 unspecified atom stereocenters. The van der Waals surface area contributed by atoms with Gasteiger partial charge in [0, 0.05) is 24.1 Å². The van der Waals surface area contributed by atoms with E-state index in [0.29, 0.717) is 13.1 Å². The number of hydrogen-bond acceptors (Lipinski definition) is 3. The summed E-state index contributed by atoms with van der Waals surface area (Å²) >= 11 is 3.43. The molecule has 3 nitrogen and oxygen atoms in total. The normalized spacial score (nSPS) is 12.8. The number of rotatable bonds is 5. The predicted octanol–water partition coefficient (Wildman–Crippen LogP) is 1.17. The highest BCUT2D eigenvalue weighted by Crippen LogP contribution is 2.15. The highest BCUT2D eigenvalue weighted by Gasteiger charge is 2.02. The molecule has 0 fully saturated rings. The summed E-state index contributed by atoms with van der Waals surface area (Å²) in [6, 6.07) is 6.17. The zero-order valence-electron chi connectivity index (χ0n) is 8.83. The number of nitrogens with one attached hydrogen (secondary N) is 1. The number of aliphatic hydroxyl groups excluding tert-OH is 1. The van der Waals surface area contributed by atoms with Crippen molar-refractivity contribution in [2.75, 3.05) is 13.1 Å². The Morgan fingerprint density at radius 3 is 2.93 bits per heavy atom. The van der Waals surface area contributed by atoms with Crippen molar-refractivity contribution in [3.63, 3.8) is 0 Å². The van der Waals surface area contributed by atoms with Crippen LogP contribution in [0, 0.1) is 6.92 Å². The Morgan fingerprint density at radius 1 is 1.53 bits per heavy atom. The van der Waals surface area contributed by atoms with Crippen LogP contribution in [0.15, 0.2) is 22.7 Å². The van der Waals surface area contributed by atoms with Gasteiger partial charge in [0.25, 0.3) is 0 Å². The van der Waals surface area contributed by atoms with Crippen molar-refractivity contribution in [3.05, 3.63) is 33.8 Å². The monoisotopic (exact) mass is 272 g/mol. The smallest absolute Gasteiger partial charge is 0.0786 e. The van der Waals surface area contributed by atoms with Gasteiger partial charge < -0.3 is 16.2 Å². The number of nitrogens with two attached hydrogens (primary N) is 1. The van der Waals surface area contributed by atoms with E-state index in [0.717, 1.165) is 11.0 Å². The van der Waals surface area contributed by atoms with Gasteiger partial charge in [-0.25, -0.2) is 0 Å². The summed E-state index contributed by atoms with van der Waals surface area (Å²) in [5.74, 6) is 0.